The molecule has 1 aromatic rings. The molecule has 0 aliphatic heterocycles. The third kappa shape index (κ3) is 2.39. The molecule has 1 rings (SSSR count). The van der Waals surface area contributed by atoms with E-state index in [0.717, 1.165) is 0 Å². The number of hydrogen-bond acceptors (Lipinski definition) is 3. The summed E-state index contributed by atoms with van der Waals surface area (Å²) in [7, 11) is -4.37. The van der Waals surface area contributed by atoms with E-state index in [1.54, 1.807) is 0 Å². The minimum absolute atomic E-state index is 0.401. The monoisotopic (exact) mass is 260 g/mol. The van der Waals surface area contributed by atoms with E-state index >= 15 is 0 Å². The average molecular weight is 261 g/mol. The molecule has 0 unspecified atom stereocenters. The van der Waals surface area contributed by atoms with E-state index in [-0.39, 0.29) is 0 Å². The van der Waals surface area contributed by atoms with Crippen LogP contribution in [0.3, 0.4) is 0 Å². The number of hydrogen-bond donors (Lipinski definition) is 1. The molecule has 0 aliphatic rings. The molecule has 2 N–H and O–H groups in total. The Bertz CT molecular complexity index is 491. The van der Waals surface area contributed by atoms with Gasteiger partial charge in [-0.3, -0.25) is 4.98 Å². The Hall–Kier alpha value is -0.860. The van der Waals surface area contributed by atoms with Gasteiger partial charge in [0.05, 0.1) is 6.20 Å². The molecule has 0 amide bonds. The highest BCUT2D eigenvalue weighted by Gasteiger charge is 2.24. The summed E-state index contributed by atoms with van der Waals surface area (Å²) < 4.78 is 58.9. The van der Waals surface area contributed by atoms with Crippen molar-refractivity contribution in [1.82, 2.24) is 4.98 Å². The lowest BCUT2D eigenvalue weighted by Gasteiger charge is -2.05. The average Bonchev–Trinajstić information content (AvgIpc) is 2.06. The summed E-state index contributed by atoms with van der Waals surface area (Å²) in [6.45, 7) is 0. The number of sulfonamides is 1. The molecule has 0 aromatic carbocycles. The number of alkyl halides is 2. The first kappa shape index (κ1) is 12.2. The Labute approximate surface area is 87.9 Å². The fourth-order valence-corrected chi connectivity index (χ4v) is 1.65. The molecule has 1 heterocycles. The van der Waals surface area contributed by atoms with Crippen molar-refractivity contribution in [1.29, 1.82) is 0 Å². The summed E-state index contributed by atoms with van der Waals surface area (Å²) in [5, 5.41) is 3.55. The maximum atomic E-state index is 13.2. The first-order valence-corrected chi connectivity index (χ1v) is 5.32. The van der Waals surface area contributed by atoms with Crippen molar-refractivity contribution in [3.8, 4) is 0 Å². The number of primary sulfonamides is 1. The molecule has 9 heteroatoms. The predicted octanol–water partition coefficient (Wildman–Crippen LogP) is 1.46. The lowest BCUT2D eigenvalue weighted by Crippen LogP contribution is -2.15. The quantitative estimate of drug-likeness (QED) is 0.875. The van der Waals surface area contributed by atoms with Crippen molar-refractivity contribution in [3.05, 3.63) is 22.7 Å². The van der Waals surface area contributed by atoms with Crippen LogP contribution in [0.15, 0.2) is 11.1 Å². The topological polar surface area (TPSA) is 73.1 Å². The van der Waals surface area contributed by atoms with Gasteiger partial charge in [-0.2, -0.15) is 0 Å². The van der Waals surface area contributed by atoms with Crippen molar-refractivity contribution in [2.45, 2.75) is 11.3 Å². The normalized spacial score (nSPS) is 12.1. The Morgan fingerprint density at radius 2 is 2.00 bits per heavy atom. The van der Waals surface area contributed by atoms with Crippen LogP contribution in [0, 0.1) is 5.82 Å². The number of rotatable bonds is 2. The molecule has 15 heavy (non-hydrogen) atoms. The van der Waals surface area contributed by atoms with Crippen LogP contribution in [-0.4, -0.2) is 13.4 Å². The molecule has 0 fully saturated rings. The van der Waals surface area contributed by atoms with Crippen molar-refractivity contribution in [2.75, 3.05) is 0 Å². The Morgan fingerprint density at radius 3 is 2.40 bits per heavy atom. The summed E-state index contributed by atoms with van der Waals surface area (Å²) in [5.41, 5.74) is -1.03. The second kappa shape index (κ2) is 3.95. The molecule has 0 atom stereocenters. The standard InChI is InChI=1S/C6H4ClF3N2O2S/c7-3-4(8)2(15(11,13)14)1-12-5(3)6(9)10/h1,6H,(H2,11,13,14). The molecule has 0 bridgehead atoms. The first-order chi connectivity index (χ1) is 6.75. The molecule has 0 saturated carbocycles. The second-order valence-electron chi connectivity index (χ2n) is 2.48. The summed E-state index contributed by atoms with van der Waals surface area (Å²) in [4.78, 5) is 2.01. The lowest BCUT2D eigenvalue weighted by molar-refractivity contribution is 0.145. The molecule has 4 nitrogen and oxygen atoms in total. The fraction of sp³-hybridized carbons (Fsp3) is 0.167. The highest BCUT2D eigenvalue weighted by Crippen LogP contribution is 2.29. The summed E-state index contributed by atoms with van der Waals surface area (Å²) in [5.74, 6) is -1.52. The van der Waals surface area contributed by atoms with Crippen LogP contribution >= 0.6 is 11.6 Å². The van der Waals surface area contributed by atoms with E-state index in [9.17, 15) is 21.6 Å². The summed E-state index contributed by atoms with van der Waals surface area (Å²) in [6, 6.07) is 0. The zero-order valence-corrected chi connectivity index (χ0v) is 8.49. The van der Waals surface area contributed by atoms with Crippen LogP contribution in [0.1, 0.15) is 12.1 Å². The van der Waals surface area contributed by atoms with Gasteiger partial charge < -0.3 is 0 Å². The molecule has 0 radical (unpaired) electrons. The third-order valence-electron chi connectivity index (χ3n) is 1.47. The van der Waals surface area contributed by atoms with Gasteiger partial charge in [-0.1, -0.05) is 11.6 Å². The van der Waals surface area contributed by atoms with Crippen LogP contribution in [0.5, 0.6) is 0 Å². The smallest absolute Gasteiger partial charge is 0.252 e. The van der Waals surface area contributed by atoms with Gasteiger partial charge in [0.15, 0.2) is 5.82 Å². The van der Waals surface area contributed by atoms with Crippen molar-refractivity contribution in [2.24, 2.45) is 5.14 Å². The van der Waals surface area contributed by atoms with Crippen LogP contribution < -0.4 is 5.14 Å². The van der Waals surface area contributed by atoms with Crippen molar-refractivity contribution >= 4 is 21.6 Å². The van der Waals surface area contributed by atoms with Gasteiger partial charge in [0, 0.05) is 0 Å². The Balaban J connectivity index is 3.48. The highest BCUT2D eigenvalue weighted by atomic mass is 35.5. The number of nitrogens with two attached hydrogens (primary N) is 1. The maximum absolute atomic E-state index is 13.2. The molecule has 1 aromatic heterocycles. The number of aromatic nitrogens is 1. The second-order valence-corrected chi connectivity index (χ2v) is 4.39. The van der Waals surface area contributed by atoms with E-state index in [2.05, 4.69) is 10.1 Å². The molecule has 0 aliphatic carbocycles. The number of pyridine rings is 1. The van der Waals surface area contributed by atoms with Crippen LogP contribution in [0.4, 0.5) is 13.2 Å². The Morgan fingerprint density at radius 1 is 1.47 bits per heavy atom. The third-order valence-corrected chi connectivity index (χ3v) is 2.73. The number of halogens is 4. The Kier molecular flexibility index (Phi) is 3.22. The molecule has 0 spiro atoms. The molecular weight excluding hydrogens is 257 g/mol. The van der Waals surface area contributed by atoms with Gasteiger partial charge >= 0.3 is 0 Å². The van der Waals surface area contributed by atoms with Crippen molar-refractivity contribution in [3.63, 3.8) is 0 Å². The minimum Gasteiger partial charge on any atom is -0.252 e. The van der Waals surface area contributed by atoms with Gasteiger partial charge in [-0.25, -0.2) is 26.7 Å². The fourth-order valence-electron chi connectivity index (χ4n) is 0.813. The van der Waals surface area contributed by atoms with Crippen LogP contribution in [0.2, 0.25) is 5.02 Å². The maximum Gasteiger partial charge on any atom is 0.281 e. The SMILES string of the molecule is NS(=O)(=O)c1cnc(C(F)F)c(Cl)c1F. The minimum atomic E-state index is -4.37. The number of nitrogens with zero attached hydrogens (tertiary/aromatic N) is 1. The van der Waals surface area contributed by atoms with E-state index in [1.807, 2.05) is 0 Å². The van der Waals surface area contributed by atoms with Crippen LogP contribution in [-0.2, 0) is 10.0 Å². The molecule has 0 saturated heterocycles. The largest absolute Gasteiger partial charge is 0.281 e. The summed E-state index contributed by atoms with van der Waals surface area (Å²) >= 11 is 5.16. The summed E-state index contributed by atoms with van der Waals surface area (Å²) in [6.07, 6.45) is -2.69. The van der Waals surface area contributed by atoms with Gasteiger partial charge in [-0.05, 0) is 0 Å². The zero-order valence-electron chi connectivity index (χ0n) is 6.92. The highest BCUT2D eigenvalue weighted by molar-refractivity contribution is 7.89. The van der Waals surface area contributed by atoms with E-state index in [4.69, 9.17) is 11.6 Å². The first-order valence-electron chi connectivity index (χ1n) is 3.40. The molecular formula is C6H4ClF3N2O2S. The van der Waals surface area contributed by atoms with Gasteiger partial charge in [0.2, 0.25) is 10.0 Å². The van der Waals surface area contributed by atoms with E-state index in [1.165, 1.54) is 0 Å². The van der Waals surface area contributed by atoms with Crippen LogP contribution in [0.25, 0.3) is 0 Å². The lowest BCUT2D eigenvalue weighted by atomic mass is 10.3. The van der Waals surface area contributed by atoms with Gasteiger partial charge in [-0.15, -0.1) is 0 Å². The molecule has 84 valence electrons. The predicted molar refractivity (Wildman–Crippen MR) is 45.5 cm³/mol. The van der Waals surface area contributed by atoms with Crippen molar-refractivity contribution < 1.29 is 21.6 Å². The van der Waals surface area contributed by atoms with Gasteiger partial charge in [0.1, 0.15) is 15.6 Å². The van der Waals surface area contributed by atoms with E-state index in [0.29, 0.717) is 6.20 Å². The van der Waals surface area contributed by atoms with E-state index < -0.39 is 37.9 Å². The van der Waals surface area contributed by atoms with Gasteiger partial charge in [0.25, 0.3) is 6.43 Å². The zero-order chi connectivity index (χ0) is 11.8.